The number of rotatable bonds is 8. The van der Waals surface area contributed by atoms with Crippen LogP contribution in [0.5, 0.6) is 5.75 Å². The van der Waals surface area contributed by atoms with E-state index in [9.17, 15) is 9.59 Å². The SMILES string of the molecule is CCOC(=O)c1cccc(NC(=O)CCCOc2ccc(C(C)(C)C)cc2)c1. The van der Waals surface area contributed by atoms with Gasteiger partial charge in [-0.3, -0.25) is 4.79 Å². The Hall–Kier alpha value is -2.82. The molecule has 0 heterocycles. The van der Waals surface area contributed by atoms with Gasteiger partial charge >= 0.3 is 5.97 Å². The van der Waals surface area contributed by atoms with Crippen molar-refractivity contribution in [2.45, 2.75) is 46.0 Å². The Morgan fingerprint density at radius 3 is 2.39 bits per heavy atom. The zero-order valence-corrected chi connectivity index (χ0v) is 17.1. The highest BCUT2D eigenvalue weighted by Crippen LogP contribution is 2.24. The molecule has 150 valence electrons. The Labute approximate surface area is 167 Å². The largest absolute Gasteiger partial charge is 0.494 e. The van der Waals surface area contributed by atoms with E-state index in [1.54, 1.807) is 31.2 Å². The molecule has 0 atom stereocenters. The van der Waals surface area contributed by atoms with Gasteiger partial charge in [-0.1, -0.05) is 39.0 Å². The van der Waals surface area contributed by atoms with E-state index in [1.165, 1.54) is 5.56 Å². The predicted molar refractivity (Wildman–Crippen MR) is 111 cm³/mol. The number of esters is 1. The molecule has 2 aromatic carbocycles. The van der Waals surface area contributed by atoms with E-state index in [4.69, 9.17) is 9.47 Å². The third-order valence-corrected chi connectivity index (χ3v) is 4.19. The van der Waals surface area contributed by atoms with Gasteiger partial charge in [-0.15, -0.1) is 0 Å². The summed E-state index contributed by atoms with van der Waals surface area (Å²) >= 11 is 0. The van der Waals surface area contributed by atoms with Crippen LogP contribution in [0.2, 0.25) is 0 Å². The van der Waals surface area contributed by atoms with Crippen LogP contribution in [0.4, 0.5) is 5.69 Å². The normalized spacial score (nSPS) is 11.0. The molecule has 0 spiro atoms. The van der Waals surface area contributed by atoms with E-state index in [1.807, 2.05) is 12.1 Å². The summed E-state index contributed by atoms with van der Waals surface area (Å²) in [5.74, 6) is 0.285. The van der Waals surface area contributed by atoms with Crippen LogP contribution < -0.4 is 10.1 Å². The highest BCUT2D eigenvalue weighted by Gasteiger charge is 2.13. The summed E-state index contributed by atoms with van der Waals surface area (Å²) in [5, 5.41) is 2.80. The summed E-state index contributed by atoms with van der Waals surface area (Å²) in [6.07, 6.45) is 0.939. The fourth-order valence-electron chi connectivity index (χ4n) is 2.64. The van der Waals surface area contributed by atoms with Crippen molar-refractivity contribution in [1.82, 2.24) is 0 Å². The molecule has 28 heavy (non-hydrogen) atoms. The van der Waals surface area contributed by atoms with Gasteiger partial charge in [0.25, 0.3) is 0 Å². The Kier molecular flexibility index (Phi) is 7.61. The summed E-state index contributed by atoms with van der Waals surface area (Å²) in [4.78, 5) is 23.9. The van der Waals surface area contributed by atoms with E-state index < -0.39 is 5.97 Å². The monoisotopic (exact) mass is 383 g/mol. The van der Waals surface area contributed by atoms with Crippen LogP contribution in [0.3, 0.4) is 0 Å². The van der Waals surface area contributed by atoms with Crippen LogP contribution in [0.15, 0.2) is 48.5 Å². The fourth-order valence-corrected chi connectivity index (χ4v) is 2.64. The standard InChI is InChI=1S/C23H29NO4/c1-5-27-22(26)17-8-6-9-19(16-17)24-21(25)10-7-15-28-20-13-11-18(12-14-20)23(2,3)4/h6,8-9,11-14,16H,5,7,10,15H2,1-4H3,(H,24,25). The molecular formula is C23H29NO4. The Morgan fingerprint density at radius 2 is 1.75 bits per heavy atom. The molecule has 2 rings (SSSR count). The molecule has 0 aliphatic heterocycles. The number of hydrogen-bond donors (Lipinski definition) is 1. The zero-order chi connectivity index (χ0) is 20.6. The van der Waals surface area contributed by atoms with Crippen molar-refractivity contribution in [3.63, 3.8) is 0 Å². The first kappa shape index (κ1) is 21.5. The lowest BCUT2D eigenvalue weighted by Crippen LogP contribution is -2.13. The maximum atomic E-state index is 12.1. The van der Waals surface area contributed by atoms with Gasteiger partial charge in [0.15, 0.2) is 0 Å². The third-order valence-electron chi connectivity index (χ3n) is 4.19. The molecule has 0 bridgehead atoms. The fraction of sp³-hybridized carbons (Fsp3) is 0.391. The average molecular weight is 383 g/mol. The van der Waals surface area contributed by atoms with Gasteiger partial charge in [0.2, 0.25) is 5.91 Å². The maximum absolute atomic E-state index is 12.1. The molecule has 2 aromatic rings. The molecule has 0 aromatic heterocycles. The highest BCUT2D eigenvalue weighted by atomic mass is 16.5. The lowest BCUT2D eigenvalue weighted by molar-refractivity contribution is -0.116. The molecule has 1 N–H and O–H groups in total. The molecule has 0 aliphatic rings. The van der Waals surface area contributed by atoms with E-state index >= 15 is 0 Å². The number of benzene rings is 2. The molecule has 5 nitrogen and oxygen atoms in total. The quantitative estimate of drug-likeness (QED) is 0.517. The van der Waals surface area contributed by atoms with Crippen molar-refractivity contribution in [2.24, 2.45) is 0 Å². The Morgan fingerprint density at radius 1 is 1.04 bits per heavy atom. The number of nitrogens with one attached hydrogen (secondary N) is 1. The number of carbonyl (C=O) groups excluding carboxylic acids is 2. The van der Waals surface area contributed by atoms with Crippen molar-refractivity contribution in [1.29, 1.82) is 0 Å². The second kappa shape index (κ2) is 9.93. The van der Waals surface area contributed by atoms with Gasteiger partial charge in [-0.2, -0.15) is 0 Å². The average Bonchev–Trinajstić information content (AvgIpc) is 2.65. The first-order valence-electron chi connectivity index (χ1n) is 9.60. The summed E-state index contributed by atoms with van der Waals surface area (Å²) in [6.45, 7) is 9.04. The predicted octanol–water partition coefficient (Wildman–Crippen LogP) is 4.96. The van der Waals surface area contributed by atoms with Gasteiger partial charge in [0.05, 0.1) is 18.8 Å². The molecule has 0 unspecified atom stereocenters. The van der Waals surface area contributed by atoms with Crippen molar-refractivity contribution < 1.29 is 19.1 Å². The summed E-state index contributed by atoms with van der Waals surface area (Å²) in [6, 6.07) is 14.8. The Balaban J connectivity index is 1.76. The van der Waals surface area contributed by atoms with Crippen molar-refractivity contribution in [3.8, 4) is 5.75 Å². The van der Waals surface area contributed by atoms with E-state index in [2.05, 4.69) is 38.2 Å². The molecule has 5 heteroatoms. The minimum Gasteiger partial charge on any atom is -0.494 e. The summed E-state index contributed by atoms with van der Waals surface area (Å²) in [5.41, 5.74) is 2.36. The van der Waals surface area contributed by atoms with Gasteiger partial charge in [0, 0.05) is 12.1 Å². The second-order valence-electron chi connectivity index (χ2n) is 7.58. The number of amides is 1. The van der Waals surface area contributed by atoms with Gasteiger partial charge in [-0.25, -0.2) is 4.79 Å². The van der Waals surface area contributed by atoms with Crippen LogP contribution in [0.1, 0.15) is 56.5 Å². The first-order valence-corrected chi connectivity index (χ1v) is 9.60. The molecule has 0 aliphatic carbocycles. The smallest absolute Gasteiger partial charge is 0.338 e. The van der Waals surface area contributed by atoms with Crippen molar-refractivity contribution in [3.05, 3.63) is 59.7 Å². The van der Waals surface area contributed by atoms with Crippen molar-refractivity contribution in [2.75, 3.05) is 18.5 Å². The maximum Gasteiger partial charge on any atom is 0.338 e. The molecule has 0 saturated carbocycles. The minimum atomic E-state index is -0.399. The first-order chi connectivity index (χ1) is 13.3. The number of anilines is 1. The minimum absolute atomic E-state index is 0.112. The topological polar surface area (TPSA) is 64.6 Å². The van der Waals surface area contributed by atoms with Gasteiger partial charge in [0.1, 0.15) is 5.75 Å². The lowest BCUT2D eigenvalue weighted by atomic mass is 9.87. The second-order valence-corrected chi connectivity index (χ2v) is 7.58. The van der Waals surface area contributed by atoms with Gasteiger partial charge in [-0.05, 0) is 54.7 Å². The number of hydrogen-bond acceptors (Lipinski definition) is 4. The van der Waals surface area contributed by atoms with Gasteiger partial charge < -0.3 is 14.8 Å². The highest BCUT2D eigenvalue weighted by molar-refractivity contribution is 5.94. The molecule has 0 radical (unpaired) electrons. The van der Waals surface area contributed by atoms with Crippen LogP contribution in [0.25, 0.3) is 0 Å². The van der Waals surface area contributed by atoms with Crippen LogP contribution >= 0.6 is 0 Å². The molecule has 0 fully saturated rings. The summed E-state index contributed by atoms with van der Waals surface area (Å²) in [7, 11) is 0. The van der Waals surface area contributed by atoms with Crippen LogP contribution in [0, 0.1) is 0 Å². The lowest BCUT2D eigenvalue weighted by Gasteiger charge is -2.19. The number of ether oxygens (including phenoxy) is 2. The molecule has 0 saturated heterocycles. The third kappa shape index (κ3) is 6.72. The summed E-state index contributed by atoms with van der Waals surface area (Å²) < 4.78 is 10.7. The molecular weight excluding hydrogens is 354 g/mol. The van der Waals surface area contributed by atoms with Crippen LogP contribution in [-0.2, 0) is 14.9 Å². The van der Waals surface area contributed by atoms with Crippen molar-refractivity contribution >= 4 is 17.6 Å². The van der Waals surface area contributed by atoms with E-state index in [0.29, 0.717) is 37.3 Å². The Bertz CT molecular complexity index is 791. The van der Waals surface area contributed by atoms with Crippen LogP contribution in [-0.4, -0.2) is 25.1 Å². The van der Waals surface area contributed by atoms with E-state index in [0.717, 1.165) is 5.75 Å². The number of carbonyl (C=O) groups is 2. The zero-order valence-electron chi connectivity index (χ0n) is 17.1. The van der Waals surface area contributed by atoms with E-state index in [-0.39, 0.29) is 11.3 Å². The molecule has 1 amide bonds.